The van der Waals surface area contributed by atoms with Crippen LogP contribution >= 0.6 is 11.3 Å². The van der Waals surface area contributed by atoms with Crippen molar-refractivity contribution in [2.24, 2.45) is 5.92 Å². The van der Waals surface area contributed by atoms with E-state index in [1.807, 2.05) is 23.7 Å². The second-order valence-corrected chi connectivity index (χ2v) is 8.56. The summed E-state index contributed by atoms with van der Waals surface area (Å²) >= 11 is 1.58. The van der Waals surface area contributed by atoms with Crippen LogP contribution in [-0.2, 0) is 6.42 Å². The Kier molecular flexibility index (Phi) is 4.10. The van der Waals surface area contributed by atoms with Gasteiger partial charge in [-0.05, 0) is 61.1 Å². The minimum Gasteiger partial charge on any atom is -0.313 e. The summed E-state index contributed by atoms with van der Waals surface area (Å²) in [5.41, 5.74) is 6.05. The molecule has 2 aliphatic rings. The van der Waals surface area contributed by atoms with Crippen molar-refractivity contribution in [3.63, 3.8) is 0 Å². The largest absolute Gasteiger partial charge is 0.313 e. The first kappa shape index (κ1) is 16.2. The number of thiazole rings is 1. The zero-order valence-electron chi connectivity index (χ0n) is 14.7. The lowest BCUT2D eigenvalue weighted by Crippen LogP contribution is -2.20. The second-order valence-electron chi connectivity index (χ2n) is 7.68. The first-order valence-corrected chi connectivity index (χ1v) is 10.3. The molecule has 2 unspecified atom stereocenters. The normalized spacial score (nSPS) is 21.8. The Labute approximate surface area is 157 Å². The van der Waals surface area contributed by atoms with Crippen LogP contribution in [0.3, 0.4) is 0 Å². The van der Waals surface area contributed by atoms with Crippen molar-refractivity contribution in [3.05, 3.63) is 64.7 Å². The number of fused-ring (bicyclic) bond motifs is 1. The van der Waals surface area contributed by atoms with Crippen molar-refractivity contribution in [2.75, 3.05) is 6.54 Å². The molecule has 0 aliphatic heterocycles. The molecule has 0 radical (unpaired) electrons. The van der Waals surface area contributed by atoms with Crippen molar-refractivity contribution in [1.29, 1.82) is 0 Å². The summed E-state index contributed by atoms with van der Waals surface area (Å²) in [6, 6.07) is 15.1. The maximum Gasteiger partial charge on any atom is 0.167 e. The van der Waals surface area contributed by atoms with E-state index in [0.29, 0.717) is 18.4 Å². The molecule has 3 aromatic rings. The molecule has 0 spiro atoms. The highest BCUT2D eigenvalue weighted by Crippen LogP contribution is 2.41. The quantitative estimate of drug-likeness (QED) is 0.626. The Morgan fingerprint density at radius 2 is 2.00 bits per heavy atom. The van der Waals surface area contributed by atoms with E-state index in [1.165, 1.54) is 31.4 Å². The van der Waals surface area contributed by atoms with E-state index in [4.69, 9.17) is 0 Å². The minimum absolute atomic E-state index is 0.170. The lowest BCUT2D eigenvalue weighted by molar-refractivity contribution is 0.0993. The molecule has 0 saturated heterocycles. The fourth-order valence-electron chi connectivity index (χ4n) is 3.63. The van der Waals surface area contributed by atoms with Crippen molar-refractivity contribution in [1.82, 2.24) is 10.3 Å². The van der Waals surface area contributed by atoms with Crippen LogP contribution in [0.15, 0.2) is 48.0 Å². The van der Waals surface area contributed by atoms with E-state index in [2.05, 4.69) is 34.6 Å². The lowest BCUT2D eigenvalue weighted by atomic mass is 10.0. The molecule has 132 valence electrons. The number of benzene rings is 2. The monoisotopic (exact) mass is 362 g/mol. The summed E-state index contributed by atoms with van der Waals surface area (Å²) in [5, 5.41) is 3.69. The van der Waals surface area contributed by atoms with Gasteiger partial charge in [0.15, 0.2) is 5.78 Å². The summed E-state index contributed by atoms with van der Waals surface area (Å²) in [6.45, 7) is 1.19. The molecule has 1 aromatic heterocycles. The van der Waals surface area contributed by atoms with E-state index < -0.39 is 0 Å². The molecule has 1 heterocycles. The van der Waals surface area contributed by atoms with Crippen LogP contribution in [0.5, 0.6) is 0 Å². The maximum atomic E-state index is 12.6. The van der Waals surface area contributed by atoms with Crippen LogP contribution in [0.2, 0.25) is 0 Å². The van der Waals surface area contributed by atoms with Gasteiger partial charge in [-0.1, -0.05) is 24.3 Å². The van der Waals surface area contributed by atoms with Crippen molar-refractivity contribution >= 4 is 27.3 Å². The highest BCUT2D eigenvalue weighted by atomic mass is 32.1. The third-order valence-corrected chi connectivity index (χ3v) is 6.37. The molecule has 0 bridgehead atoms. The summed E-state index contributed by atoms with van der Waals surface area (Å²) in [4.78, 5) is 16.9. The van der Waals surface area contributed by atoms with E-state index in [9.17, 15) is 4.79 Å². The Hall–Kier alpha value is -2.04. The van der Waals surface area contributed by atoms with Crippen LogP contribution in [0.1, 0.15) is 46.7 Å². The standard InChI is InChI=1S/C22H22N2OS/c25-21(17-7-8-19-22(10-17)26-13-24-19)9-14-3-5-16(6-4-14)18-11-20(18)23-12-15-1-2-15/h3-8,10,13,15,18,20,23H,1-2,9,11-12H2. The molecule has 3 nitrogen and oxygen atoms in total. The fourth-order valence-corrected chi connectivity index (χ4v) is 4.34. The predicted octanol–water partition coefficient (Wildman–Crippen LogP) is 4.58. The molecule has 0 amide bonds. The SMILES string of the molecule is O=C(Cc1ccc(C2CC2NCC2CC2)cc1)c1ccc2ncsc2c1. The van der Waals surface area contributed by atoms with E-state index in [-0.39, 0.29) is 5.78 Å². The molecular formula is C22H22N2OS. The molecule has 2 aliphatic carbocycles. The molecule has 2 saturated carbocycles. The van der Waals surface area contributed by atoms with Crippen LogP contribution < -0.4 is 5.32 Å². The van der Waals surface area contributed by atoms with Gasteiger partial charge >= 0.3 is 0 Å². The molecule has 2 aromatic carbocycles. The fraction of sp³-hybridized carbons (Fsp3) is 0.364. The van der Waals surface area contributed by atoms with Gasteiger partial charge in [-0.25, -0.2) is 4.98 Å². The van der Waals surface area contributed by atoms with Gasteiger partial charge in [0.25, 0.3) is 0 Å². The summed E-state index contributed by atoms with van der Waals surface area (Å²) in [6.07, 6.45) is 4.52. The van der Waals surface area contributed by atoms with Gasteiger partial charge in [0.1, 0.15) is 0 Å². The predicted molar refractivity (Wildman–Crippen MR) is 106 cm³/mol. The number of Topliss-reactive ketones (excluding diaryl/α,β-unsaturated/α-hetero) is 1. The van der Waals surface area contributed by atoms with Gasteiger partial charge in [0.05, 0.1) is 15.7 Å². The number of rotatable bonds is 7. The molecule has 26 heavy (non-hydrogen) atoms. The van der Waals surface area contributed by atoms with Gasteiger partial charge in [-0.15, -0.1) is 11.3 Å². The highest BCUT2D eigenvalue weighted by molar-refractivity contribution is 7.16. The number of hydrogen-bond donors (Lipinski definition) is 1. The van der Waals surface area contributed by atoms with Crippen LogP contribution in [0.4, 0.5) is 0 Å². The maximum absolute atomic E-state index is 12.6. The highest BCUT2D eigenvalue weighted by Gasteiger charge is 2.38. The molecule has 2 fully saturated rings. The number of ketones is 1. The second kappa shape index (κ2) is 6.60. The zero-order chi connectivity index (χ0) is 17.5. The van der Waals surface area contributed by atoms with Gasteiger partial charge in [-0.3, -0.25) is 4.79 Å². The summed E-state index contributed by atoms with van der Waals surface area (Å²) < 4.78 is 1.07. The minimum atomic E-state index is 0.170. The average Bonchev–Trinajstić information content (AvgIpc) is 3.57. The van der Waals surface area contributed by atoms with Crippen molar-refractivity contribution in [3.8, 4) is 0 Å². The summed E-state index contributed by atoms with van der Waals surface area (Å²) in [5.74, 6) is 1.77. The molecule has 4 heteroatoms. The third-order valence-electron chi connectivity index (χ3n) is 5.58. The van der Waals surface area contributed by atoms with Gasteiger partial charge in [0.2, 0.25) is 0 Å². The Bertz CT molecular complexity index is 942. The molecule has 2 atom stereocenters. The molecule has 5 rings (SSSR count). The summed E-state index contributed by atoms with van der Waals surface area (Å²) in [7, 11) is 0. The Balaban J connectivity index is 1.21. The van der Waals surface area contributed by atoms with Gasteiger partial charge in [-0.2, -0.15) is 0 Å². The van der Waals surface area contributed by atoms with Crippen molar-refractivity contribution < 1.29 is 4.79 Å². The number of nitrogens with one attached hydrogen (secondary N) is 1. The van der Waals surface area contributed by atoms with E-state index >= 15 is 0 Å². The number of hydrogen-bond acceptors (Lipinski definition) is 4. The van der Waals surface area contributed by atoms with Crippen LogP contribution in [-0.4, -0.2) is 23.4 Å². The average molecular weight is 362 g/mol. The van der Waals surface area contributed by atoms with Crippen molar-refractivity contribution in [2.45, 2.75) is 37.6 Å². The Morgan fingerprint density at radius 3 is 2.81 bits per heavy atom. The molecular weight excluding hydrogens is 340 g/mol. The number of carbonyl (C=O) groups excluding carboxylic acids is 1. The van der Waals surface area contributed by atoms with E-state index in [0.717, 1.165) is 27.3 Å². The topological polar surface area (TPSA) is 42.0 Å². The van der Waals surface area contributed by atoms with Crippen LogP contribution in [0, 0.1) is 5.92 Å². The third kappa shape index (κ3) is 3.44. The van der Waals surface area contributed by atoms with Gasteiger partial charge < -0.3 is 5.32 Å². The Morgan fingerprint density at radius 1 is 1.15 bits per heavy atom. The van der Waals surface area contributed by atoms with Crippen LogP contribution in [0.25, 0.3) is 10.2 Å². The number of nitrogens with zero attached hydrogens (tertiary/aromatic N) is 1. The smallest absolute Gasteiger partial charge is 0.167 e. The number of carbonyl (C=O) groups is 1. The lowest BCUT2D eigenvalue weighted by Gasteiger charge is -2.06. The van der Waals surface area contributed by atoms with E-state index in [1.54, 1.807) is 11.3 Å². The zero-order valence-corrected chi connectivity index (χ0v) is 15.5. The first-order valence-electron chi connectivity index (χ1n) is 9.45. The number of aromatic nitrogens is 1. The van der Waals surface area contributed by atoms with Gasteiger partial charge in [0, 0.05) is 23.9 Å². The first-order chi connectivity index (χ1) is 12.8. The molecule has 1 N–H and O–H groups in total.